The van der Waals surface area contributed by atoms with Gasteiger partial charge >= 0.3 is 0 Å². The molecular weight excluding hydrogens is 418 g/mol. The highest BCUT2D eigenvalue weighted by molar-refractivity contribution is 7.89. The molecule has 10 heteroatoms. The first-order valence-corrected chi connectivity index (χ1v) is 11.3. The van der Waals surface area contributed by atoms with Gasteiger partial charge in [-0.25, -0.2) is 18.2 Å². The number of nitrogens with zero attached hydrogens (tertiary/aromatic N) is 2. The van der Waals surface area contributed by atoms with E-state index in [1.54, 1.807) is 30.0 Å². The zero-order valence-corrected chi connectivity index (χ0v) is 17.7. The van der Waals surface area contributed by atoms with Crippen LogP contribution in [-0.2, 0) is 16.4 Å². The van der Waals surface area contributed by atoms with Crippen molar-refractivity contribution in [2.75, 3.05) is 20.2 Å². The van der Waals surface area contributed by atoms with E-state index in [0.717, 1.165) is 16.9 Å². The first kappa shape index (κ1) is 21.0. The SMILES string of the molecule is COc1ccc(-c2cc3n(n2)[C@@H](NCCc2ccc(S(N)(=O)=O)cc2)CNC3=O)cc1. The van der Waals surface area contributed by atoms with Gasteiger partial charge in [0.1, 0.15) is 17.6 Å². The van der Waals surface area contributed by atoms with E-state index in [1.807, 2.05) is 24.3 Å². The van der Waals surface area contributed by atoms with E-state index >= 15 is 0 Å². The zero-order chi connectivity index (χ0) is 22.0. The minimum absolute atomic E-state index is 0.0893. The molecular formula is C21H23N5O4S. The van der Waals surface area contributed by atoms with Crippen LogP contribution in [0.2, 0.25) is 0 Å². The van der Waals surface area contributed by atoms with Crippen LogP contribution >= 0.6 is 0 Å². The monoisotopic (exact) mass is 441 g/mol. The number of hydrogen-bond acceptors (Lipinski definition) is 6. The van der Waals surface area contributed by atoms with Gasteiger partial charge in [0.15, 0.2) is 0 Å². The summed E-state index contributed by atoms with van der Waals surface area (Å²) in [5, 5.41) is 16.1. The van der Waals surface area contributed by atoms with Crippen LogP contribution in [0, 0.1) is 0 Å². The number of primary sulfonamides is 1. The number of ether oxygens (including phenoxy) is 1. The number of methoxy groups -OCH3 is 1. The van der Waals surface area contributed by atoms with Gasteiger partial charge in [0, 0.05) is 12.1 Å². The number of nitrogens with one attached hydrogen (secondary N) is 2. The average molecular weight is 442 g/mol. The molecule has 0 saturated heterocycles. The second-order valence-electron chi connectivity index (χ2n) is 7.21. The number of aromatic nitrogens is 2. The third kappa shape index (κ3) is 4.61. The fourth-order valence-electron chi connectivity index (χ4n) is 3.46. The lowest BCUT2D eigenvalue weighted by Gasteiger charge is -2.25. The van der Waals surface area contributed by atoms with E-state index in [-0.39, 0.29) is 17.0 Å². The highest BCUT2D eigenvalue weighted by Crippen LogP contribution is 2.24. The molecule has 0 saturated carbocycles. The van der Waals surface area contributed by atoms with Gasteiger partial charge in [-0.05, 0) is 54.4 Å². The maximum Gasteiger partial charge on any atom is 0.269 e. The number of hydrogen-bond donors (Lipinski definition) is 3. The molecule has 4 rings (SSSR count). The second kappa shape index (κ2) is 8.50. The topological polar surface area (TPSA) is 128 Å². The molecule has 0 spiro atoms. The summed E-state index contributed by atoms with van der Waals surface area (Å²) in [6.45, 7) is 1.03. The molecule has 0 unspecified atom stereocenters. The van der Waals surface area contributed by atoms with Crippen LogP contribution in [-0.4, -0.2) is 44.3 Å². The number of fused-ring (bicyclic) bond motifs is 1. The van der Waals surface area contributed by atoms with Crippen LogP contribution in [0.4, 0.5) is 0 Å². The Morgan fingerprint density at radius 1 is 1.19 bits per heavy atom. The lowest BCUT2D eigenvalue weighted by molar-refractivity contribution is 0.0900. The van der Waals surface area contributed by atoms with E-state index in [1.165, 1.54) is 12.1 Å². The van der Waals surface area contributed by atoms with Crippen molar-refractivity contribution >= 4 is 15.9 Å². The molecule has 0 fully saturated rings. The van der Waals surface area contributed by atoms with Crippen LogP contribution in [0.3, 0.4) is 0 Å². The van der Waals surface area contributed by atoms with Gasteiger partial charge in [-0.1, -0.05) is 12.1 Å². The lowest BCUT2D eigenvalue weighted by atomic mass is 10.1. The van der Waals surface area contributed by atoms with Crippen molar-refractivity contribution in [1.29, 1.82) is 0 Å². The van der Waals surface area contributed by atoms with E-state index in [2.05, 4.69) is 15.7 Å². The van der Waals surface area contributed by atoms with Crippen molar-refractivity contribution < 1.29 is 17.9 Å². The minimum Gasteiger partial charge on any atom is -0.497 e. The summed E-state index contributed by atoms with van der Waals surface area (Å²) in [5.74, 6) is 0.589. The summed E-state index contributed by atoms with van der Waals surface area (Å²) in [6.07, 6.45) is 0.487. The Morgan fingerprint density at radius 3 is 2.55 bits per heavy atom. The Labute approximate surface area is 180 Å². The van der Waals surface area contributed by atoms with Gasteiger partial charge in [0.25, 0.3) is 5.91 Å². The van der Waals surface area contributed by atoms with Crippen molar-refractivity contribution in [3.8, 4) is 17.0 Å². The predicted octanol–water partition coefficient (Wildman–Crippen LogP) is 1.28. The summed E-state index contributed by atoms with van der Waals surface area (Å²) in [7, 11) is -2.08. The standard InChI is InChI=1S/C21H23N5O4S/c1-30-16-6-4-15(5-7-16)18-12-19-21(27)24-13-20(26(19)25-18)23-11-10-14-2-8-17(9-3-14)31(22,28)29/h2-9,12,20,23H,10-11,13H2,1H3,(H,24,27)(H2,22,28,29)/t20-/m1/s1. The van der Waals surface area contributed by atoms with E-state index in [0.29, 0.717) is 30.9 Å². The van der Waals surface area contributed by atoms with Crippen LogP contribution in [0.1, 0.15) is 22.2 Å². The molecule has 31 heavy (non-hydrogen) atoms. The van der Waals surface area contributed by atoms with E-state index < -0.39 is 10.0 Å². The molecule has 162 valence electrons. The van der Waals surface area contributed by atoms with Crippen LogP contribution in [0.15, 0.2) is 59.5 Å². The van der Waals surface area contributed by atoms with Gasteiger partial charge in [-0.3, -0.25) is 10.1 Å². The lowest BCUT2D eigenvalue weighted by Crippen LogP contribution is -2.45. The van der Waals surface area contributed by atoms with Crippen LogP contribution < -0.4 is 20.5 Å². The number of rotatable bonds is 7. The highest BCUT2D eigenvalue weighted by atomic mass is 32.2. The number of nitrogens with two attached hydrogens (primary N) is 1. The Bertz CT molecular complexity index is 1190. The summed E-state index contributed by atoms with van der Waals surface area (Å²) in [6, 6.07) is 15.8. The molecule has 2 aromatic carbocycles. The van der Waals surface area contributed by atoms with Crippen molar-refractivity contribution in [2.24, 2.45) is 5.14 Å². The van der Waals surface area contributed by atoms with Crippen molar-refractivity contribution in [2.45, 2.75) is 17.5 Å². The van der Waals surface area contributed by atoms with Gasteiger partial charge in [-0.2, -0.15) is 5.10 Å². The Kier molecular flexibility index (Phi) is 5.77. The molecule has 0 bridgehead atoms. The van der Waals surface area contributed by atoms with Gasteiger partial charge in [0.2, 0.25) is 10.0 Å². The smallest absolute Gasteiger partial charge is 0.269 e. The van der Waals surface area contributed by atoms with Gasteiger partial charge in [-0.15, -0.1) is 0 Å². The highest BCUT2D eigenvalue weighted by Gasteiger charge is 2.27. The maximum atomic E-state index is 12.3. The van der Waals surface area contributed by atoms with Gasteiger partial charge < -0.3 is 10.1 Å². The number of amides is 1. The van der Waals surface area contributed by atoms with Crippen molar-refractivity contribution in [3.05, 3.63) is 65.9 Å². The van der Waals surface area contributed by atoms with E-state index in [4.69, 9.17) is 9.88 Å². The fourth-order valence-corrected chi connectivity index (χ4v) is 3.97. The van der Waals surface area contributed by atoms with Crippen molar-refractivity contribution in [3.63, 3.8) is 0 Å². The van der Waals surface area contributed by atoms with Crippen LogP contribution in [0.5, 0.6) is 5.75 Å². The minimum atomic E-state index is -3.69. The average Bonchev–Trinajstić information content (AvgIpc) is 3.22. The maximum absolute atomic E-state index is 12.3. The first-order valence-electron chi connectivity index (χ1n) is 9.72. The Balaban J connectivity index is 1.45. The summed E-state index contributed by atoms with van der Waals surface area (Å²) in [4.78, 5) is 12.4. The number of carbonyl (C=O) groups is 1. The molecule has 1 amide bonds. The van der Waals surface area contributed by atoms with E-state index in [9.17, 15) is 13.2 Å². The molecule has 0 aliphatic carbocycles. The zero-order valence-electron chi connectivity index (χ0n) is 16.9. The molecule has 2 heterocycles. The quantitative estimate of drug-likeness (QED) is 0.507. The summed E-state index contributed by atoms with van der Waals surface area (Å²) >= 11 is 0. The third-order valence-electron chi connectivity index (χ3n) is 5.15. The first-order chi connectivity index (χ1) is 14.8. The molecule has 1 atom stereocenters. The van der Waals surface area contributed by atoms with Crippen LogP contribution in [0.25, 0.3) is 11.3 Å². The molecule has 1 aliphatic heterocycles. The molecule has 4 N–H and O–H groups in total. The molecule has 1 aromatic heterocycles. The molecule has 3 aromatic rings. The summed E-state index contributed by atoms with van der Waals surface area (Å²) in [5.41, 5.74) is 3.07. The normalized spacial score (nSPS) is 15.9. The Morgan fingerprint density at radius 2 is 1.90 bits per heavy atom. The third-order valence-corrected chi connectivity index (χ3v) is 6.08. The predicted molar refractivity (Wildman–Crippen MR) is 115 cm³/mol. The number of carbonyl (C=O) groups excluding carboxylic acids is 1. The van der Waals surface area contributed by atoms with Gasteiger partial charge in [0.05, 0.1) is 24.2 Å². The second-order valence-corrected chi connectivity index (χ2v) is 8.77. The molecule has 0 radical (unpaired) electrons. The largest absolute Gasteiger partial charge is 0.497 e. The number of benzene rings is 2. The molecule has 1 aliphatic rings. The number of sulfonamides is 1. The van der Waals surface area contributed by atoms with Crippen molar-refractivity contribution in [1.82, 2.24) is 20.4 Å². The molecule has 9 nitrogen and oxygen atoms in total. The summed E-state index contributed by atoms with van der Waals surface area (Å²) < 4.78 is 29.6. The Hall–Kier alpha value is -3.21. The fraction of sp³-hybridized carbons (Fsp3) is 0.238.